The quantitative estimate of drug-likeness (QED) is 0.803. The lowest BCUT2D eigenvalue weighted by atomic mass is 10.2. The largest absolute Gasteiger partial charge is 0.347 e. The van der Waals surface area contributed by atoms with Crippen molar-refractivity contribution in [2.75, 3.05) is 18.1 Å². The number of nitrogens with one attached hydrogen (secondary N) is 2. The Labute approximate surface area is 112 Å². The summed E-state index contributed by atoms with van der Waals surface area (Å²) < 4.78 is 0. The van der Waals surface area contributed by atoms with Gasteiger partial charge >= 0.3 is 0 Å². The fourth-order valence-electron chi connectivity index (χ4n) is 1.28. The normalized spacial score (nSPS) is 10.2. The van der Waals surface area contributed by atoms with E-state index in [2.05, 4.69) is 10.6 Å². The minimum Gasteiger partial charge on any atom is -0.347 e. The highest BCUT2D eigenvalue weighted by Crippen LogP contribution is 2.18. The van der Waals surface area contributed by atoms with Crippen molar-refractivity contribution in [3.8, 4) is 0 Å². The summed E-state index contributed by atoms with van der Waals surface area (Å²) in [5, 5.41) is 5.32. The molecule has 1 aromatic rings. The van der Waals surface area contributed by atoms with Gasteiger partial charge in [-0.25, -0.2) is 0 Å². The van der Waals surface area contributed by atoms with Gasteiger partial charge in [-0.3, -0.25) is 9.59 Å². The zero-order chi connectivity index (χ0) is 13.5. The zero-order valence-corrected chi connectivity index (χ0v) is 11.6. The Kier molecular flexibility index (Phi) is 5.71. The molecule has 0 bridgehead atoms. The van der Waals surface area contributed by atoms with Crippen LogP contribution in [0.15, 0.2) is 29.2 Å². The van der Waals surface area contributed by atoms with Gasteiger partial charge in [0.25, 0.3) is 0 Å². The molecule has 0 saturated carbocycles. The summed E-state index contributed by atoms with van der Waals surface area (Å²) in [7, 11) is 0. The van der Waals surface area contributed by atoms with E-state index in [9.17, 15) is 9.59 Å². The molecule has 0 aliphatic carbocycles. The van der Waals surface area contributed by atoms with E-state index < -0.39 is 0 Å². The van der Waals surface area contributed by atoms with Crippen molar-refractivity contribution < 1.29 is 9.59 Å². The average Bonchev–Trinajstić information content (AvgIpc) is 2.36. The molecule has 0 aromatic heterocycles. The summed E-state index contributed by atoms with van der Waals surface area (Å²) >= 11 is 1.61. The number of benzene rings is 1. The van der Waals surface area contributed by atoms with Crippen LogP contribution >= 0.6 is 11.8 Å². The summed E-state index contributed by atoms with van der Waals surface area (Å²) in [6.45, 7) is 3.57. The molecule has 98 valence electrons. The van der Waals surface area contributed by atoms with Gasteiger partial charge in [-0.2, -0.15) is 0 Å². The molecule has 0 heterocycles. The van der Waals surface area contributed by atoms with Crippen molar-refractivity contribution in [3.05, 3.63) is 24.3 Å². The van der Waals surface area contributed by atoms with Gasteiger partial charge in [-0.05, 0) is 24.5 Å². The van der Waals surface area contributed by atoms with Crippen LogP contribution in [-0.2, 0) is 9.59 Å². The summed E-state index contributed by atoms with van der Waals surface area (Å²) in [6, 6.07) is 7.57. The summed E-state index contributed by atoms with van der Waals surface area (Å²) in [4.78, 5) is 24.0. The molecule has 0 fully saturated rings. The van der Waals surface area contributed by atoms with Crippen LogP contribution < -0.4 is 10.6 Å². The van der Waals surface area contributed by atoms with Crippen molar-refractivity contribution in [2.24, 2.45) is 5.92 Å². The Morgan fingerprint density at radius 2 is 2.06 bits per heavy atom. The van der Waals surface area contributed by atoms with Crippen LogP contribution in [0.3, 0.4) is 0 Å². The third-order valence-corrected chi connectivity index (χ3v) is 3.03. The number of hydrogen-bond donors (Lipinski definition) is 2. The second-order valence-electron chi connectivity index (χ2n) is 4.15. The molecular formula is C13H18N2O2S. The number of carbonyl (C=O) groups is 2. The molecule has 0 saturated heterocycles. The molecule has 5 heteroatoms. The molecule has 0 spiro atoms. The molecular weight excluding hydrogens is 248 g/mol. The van der Waals surface area contributed by atoms with E-state index in [0.717, 1.165) is 10.6 Å². The molecule has 1 rings (SSSR count). The van der Waals surface area contributed by atoms with Gasteiger partial charge in [0.05, 0.1) is 6.54 Å². The fraction of sp³-hybridized carbons (Fsp3) is 0.385. The van der Waals surface area contributed by atoms with Gasteiger partial charge < -0.3 is 10.6 Å². The van der Waals surface area contributed by atoms with Crippen LogP contribution in [0.25, 0.3) is 0 Å². The van der Waals surface area contributed by atoms with Gasteiger partial charge in [-0.1, -0.05) is 19.9 Å². The Balaban J connectivity index is 2.47. The molecule has 2 amide bonds. The van der Waals surface area contributed by atoms with Crippen LogP contribution in [0.4, 0.5) is 5.69 Å². The van der Waals surface area contributed by atoms with Crippen molar-refractivity contribution in [2.45, 2.75) is 18.7 Å². The first-order valence-electron chi connectivity index (χ1n) is 5.74. The van der Waals surface area contributed by atoms with Gasteiger partial charge in [0.2, 0.25) is 11.8 Å². The predicted octanol–water partition coefficient (Wildman–Crippen LogP) is 2.12. The smallest absolute Gasteiger partial charge is 0.243 e. The van der Waals surface area contributed by atoms with Crippen LogP contribution in [0, 0.1) is 5.92 Å². The first kappa shape index (κ1) is 14.6. The van der Waals surface area contributed by atoms with Crippen molar-refractivity contribution >= 4 is 29.3 Å². The third-order valence-electron chi connectivity index (χ3n) is 2.30. The van der Waals surface area contributed by atoms with Gasteiger partial charge in [0.1, 0.15) is 0 Å². The van der Waals surface area contributed by atoms with E-state index in [1.54, 1.807) is 25.6 Å². The minimum atomic E-state index is -0.220. The molecule has 0 atom stereocenters. The maximum atomic E-state index is 11.6. The highest BCUT2D eigenvalue weighted by atomic mass is 32.2. The summed E-state index contributed by atoms with van der Waals surface area (Å²) in [5.74, 6) is -0.456. The highest BCUT2D eigenvalue weighted by molar-refractivity contribution is 7.98. The van der Waals surface area contributed by atoms with Crippen LogP contribution in [0.2, 0.25) is 0 Å². The van der Waals surface area contributed by atoms with E-state index in [0.29, 0.717) is 0 Å². The topological polar surface area (TPSA) is 58.2 Å². The maximum Gasteiger partial charge on any atom is 0.243 e. The van der Waals surface area contributed by atoms with Gasteiger partial charge in [-0.15, -0.1) is 11.8 Å². The second-order valence-corrected chi connectivity index (χ2v) is 5.03. The molecule has 0 aliphatic rings. The monoisotopic (exact) mass is 266 g/mol. The van der Waals surface area contributed by atoms with Gasteiger partial charge in [0, 0.05) is 16.5 Å². The number of carbonyl (C=O) groups excluding carboxylic acids is 2. The maximum absolute atomic E-state index is 11.6. The third kappa shape index (κ3) is 4.79. The minimum absolute atomic E-state index is 0.000505. The van der Waals surface area contributed by atoms with E-state index in [4.69, 9.17) is 0 Å². The number of amides is 2. The van der Waals surface area contributed by atoms with Crippen molar-refractivity contribution in [1.29, 1.82) is 0 Å². The summed E-state index contributed by atoms with van der Waals surface area (Å²) in [6.07, 6.45) is 1.98. The van der Waals surface area contributed by atoms with E-state index in [1.165, 1.54) is 0 Å². The molecule has 1 aromatic carbocycles. The van der Waals surface area contributed by atoms with Crippen molar-refractivity contribution in [1.82, 2.24) is 5.32 Å². The Morgan fingerprint density at radius 1 is 1.33 bits per heavy atom. The lowest BCUT2D eigenvalue weighted by molar-refractivity contribution is -0.126. The van der Waals surface area contributed by atoms with E-state index in [1.807, 2.05) is 30.5 Å². The molecule has 0 aliphatic heterocycles. The lowest BCUT2D eigenvalue weighted by Crippen LogP contribution is -2.35. The molecule has 0 unspecified atom stereocenters. The van der Waals surface area contributed by atoms with Crippen LogP contribution in [0.5, 0.6) is 0 Å². The standard InChI is InChI=1S/C13H18N2O2S/c1-9(2)13(17)14-8-12(16)15-10-5-4-6-11(7-10)18-3/h4-7,9H,8H2,1-3H3,(H,14,17)(H,15,16). The molecule has 0 radical (unpaired) electrons. The molecule has 4 nitrogen and oxygen atoms in total. The Bertz CT molecular complexity index is 433. The highest BCUT2D eigenvalue weighted by Gasteiger charge is 2.09. The van der Waals surface area contributed by atoms with E-state index in [-0.39, 0.29) is 24.3 Å². The Morgan fingerprint density at radius 3 is 2.67 bits per heavy atom. The number of hydrogen-bond acceptors (Lipinski definition) is 3. The van der Waals surface area contributed by atoms with Crippen LogP contribution in [0.1, 0.15) is 13.8 Å². The molecule has 2 N–H and O–H groups in total. The number of thioether (sulfide) groups is 1. The second kappa shape index (κ2) is 7.06. The molecule has 18 heavy (non-hydrogen) atoms. The fourth-order valence-corrected chi connectivity index (χ4v) is 1.74. The SMILES string of the molecule is CSc1cccc(NC(=O)CNC(=O)C(C)C)c1. The Hall–Kier alpha value is -1.49. The number of anilines is 1. The summed E-state index contributed by atoms with van der Waals surface area (Å²) in [5.41, 5.74) is 0.741. The first-order valence-corrected chi connectivity index (χ1v) is 6.97. The van der Waals surface area contributed by atoms with E-state index >= 15 is 0 Å². The van der Waals surface area contributed by atoms with Gasteiger partial charge in [0.15, 0.2) is 0 Å². The number of rotatable bonds is 5. The zero-order valence-electron chi connectivity index (χ0n) is 10.8. The lowest BCUT2D eigenvalue weighted by Gasteiger charge is -2.09. The predicted molar refractivity (Wildman–Crippen MR) is 74.7 cm³/mol. The van der Waals surface area contributed by atoms with Crippen LogP contribution in [-0.4, -0.2) is 24.6 Å². The average molecular weight is 266 g/mol. The first-order chi connectivity index (χ1) is 8.52. The van der Waals surface area contributed by atoms with Crippen molar-refractivity contribution in [3.63, 3.8) is 0 Å².